The first-order valence-electron chi connectivity index (χ1n) is 15.1. The molecule has 1 fully saturated rings. The van der Waals surface area contributed by atoms with Crippen molar-refractivity contribution >= 4 is 23.8 Å². The molecule has 5 N–H and O–H groups in total. The number of aliphatic hydroxyl groups is 1. The van der Waals surface area contributed by atoms with E-state index in [9.17, 15) is 14.3 Å². The monoisotopic (exact) mass is 639 g/mol. The van der Waals surface area contributed by atoms with Crippen LogP contribution >= 0.6 is 11.6 Å². The smallest absolute Gasteiger partial charge is 0.237 e. The molecule has 44 heavy (non-hydrogen) atoms. The first kappa shape index (κ1) is 42.9. The predicted octanol–water partition coefficient (Wildman–Crippen LogP) is 5.65. The molecule has 250 valence electrons. The third kappa shape index (κ3) is 15.0. The van der Waals surface area contributed by atoms with Crippen molar-refractivity contribution in [3.05, 3.63) is 58.1 Å². The molecule has 0 bridgehead atoms. The zero-order valence-corrected chi connectivity index (χ0v) is 28.6. The molecule has 9 nitrogen and oxygen atoms in total. The maximum absolute atomic E-state index is 14.5. The van der Waals surface area contributed by atoms with Gasteiger partial charge in [-0.15, -0.1) is 12.8 Å². The van der Waals surface area contributed by atoms with Crippen molar-refractivity contribution in [2.24, 2.45) is 10.7 Å². The normalized spacial score (nSPS) is 19.8. The van der Waals surface area contributed by atoms with E-state index in [2.05, 4.69) is 35.1 Å². The average molecular weight is 640 g/mol. The molecule has 2 aliphatic rings. The van der Waals surface area contributed by atoms with Crippen LogP contribution in [0.25, 0.3) is 0 Å². The van der Waals surface area contributed by atoms with Gasteiger partial charge in [0.2, 0.25) is 5.91 Å². The molecule has 0 aromatic rings. The molecule has 1 heterocycles. The Hall–Kier alpha value is -3.26. The fourth-order valence-corrected chi connectivity index (χ4v) is 4.52. The molecule has 0 spiro atoms. The number of hydrogen-bond donors (Lipinski definition) is 4. The Morgan fingerprint density at radius 2 is 2.00 bits per heavy atom. The lowest BCUT2D eigenvalue weighted by Gasteiger charge is -2.20. The van der Waals surface area contributed by atoms with Gasteiger partial charge in [-0.1, -0.05) is 58.0 Å². The van der Waals surface area contributed by atoms with Crippen LogP contribution in [0.1, 0.15) is 73.6 Å². The summed E-state index contributed by atoms with van der Waals surface area (Å²) in [5.74, 6) is 0.613. The number of carbonyl (C=O) groups excluding carboxylic acids is 1. The number of rotatable bonds is 13. The molecular weight excluding hydrogens is 585 g/mol. The van der Waals surface area contributed by atoms with Gasteiger partial charge in [0.1, 0.15) is 17.6 Å². The summed E-state index contributed by atoms with van der Waals surface area (Å²) in [5.41, 5.74) is 7.16. The van der Waals surface area contributed by atoms with Gasteiger partial charge in [-0.25, -0.2) is 9.38 Å². The van der Waals surface area contributed by atoms with Crippen molar-refractivity contribution in [2.75, 3.05) is 33.9 Å². The van der Waals surface area contributed by atoms with Gasteiger partial charge in [-0.05, 0) is 45.7 Å². The number of methoxy groups -OCH3 is 1. The van der Waals surface area contributed by atoms with Crippen molar-refractivity contribution in [3.63, 3.8) is 0 Å². The summed E-state index contributed by atoms with van der Waals surface area (Å²) in [7, 11) is 3.43. The van der Waals surface area contributed by atoms with Crippen LogP contribution in [0.4, 0.5) is 4.39 Å². The second kappa shape index (κ2) is 25.1. The van der Waals surface area contributed by atoms with Crippen LogP contribution in [-0.2, 0) is 14.3 Å². The first-order valence-corrected chi connectivity index (χ1v) is 15.4. The number of amides is 1. The first-order chi connectivity index (χ1) is 21.1. The summed E-state index contributed by atoms with van der Waals surface area (Å²) in [4.78, 5) is 18.7. The number of nitrogens with one attached hydrogen (secondary N) is 2. The fourth-order valence-electron chi connectivity index (χ4n) is 4.29. The number of likely N-dealkylation sites (N-methyl/N-ethyl adjacent to an activating group) is 1. The van der Waals surface area contributed by atoms with Crippen LogP contribution in [0.15, 0.2) is 63.1 Å². The van der Waals surface area contributed by atoms with E-state index in [-0.39, 0.29) is 42.3 Å². The maximum Gasteiger partial charge on any atom is 0.237 e. The van der Waals surface area contributed by atoms with Gasteiger partial charge in [0.15, 0.2) is 5.83 Å². The summed E-state index contributed by atoms with van der Waals surface area (Å²) in [6.45, 7) is 16.4. The van der Waals surface area contributed by atoms with Crippen molar-refractivity contribution in [2.45, 2.75) is 91.8 Å². The second-order valence-corrected chi connectivity index (χ2v) is 9.88. The lowest BCUT2D eigenvalue weighted by molar-refractivity contribution is -0.126. The fraction of sp³-hybridized carbons (Fsp3) is 0.576. The molecule has 2 rings (SSSR count). The molecule has 1 aliphatic carbocycles. The highest BCUT2D eigenvalue weighted by Crippen LogP contribution is 2.27. The number of ether oxygens (including phenoxy) is 2. The Labute approximate surface area is 270 Å². The SMILES string of the molecule is C#C.C=C(CNC1=C(F)C(Cl)=CCCC1)/C(=C\C/C(OC)=C(\C)OC1C[C@H](C(=O)NC(C)CO)N(C)C1)N=CN.CC.CC. The molecule has 0 saturated carbocycles. The standard InChI is InChI=1S/C27H41ClFN5O4.2C2H6.C2H2/c1-17(13-31-23-9-7-6-8-21(28)26(23)29)22(32-16-30)10-11-25(37-5)19(3)38-20-12-24(34(4)14-20)27(36)33-18(2)15-35;3*1-2/h8,10,16,18,20,24,31,35H,1,6-7,9,11-15H2,2-5H3,(H2,30,32)(H,33,36);2*1-2H3;1-2H/b22-10+,25-19-;;;/t18?,20?,24-;;;/m1.../s1. The van der Waals surface area contributed by atoms with Crippen molar-refractivity contribution in [1.82, 2.24) is 15.5 Å². The zero-order valence-electron chi connectivity index (χ0n) is 27.9. The minimum atomic E-state index is -0.442. The van der Waals surface area contributed by atoms with E-state index in [4.69, 9.17) is 26.8 Å². The number of carbonyl (C=O) groups is 1. The molecule has 0 radical (unpaired) electrons. The van der Waals surface area contributed by atoms with E-state index in [1.807, 2.05) is 52.6 Å². The van der Waals surface area contributed by atoms with Crippen LogP contribution in [0.2, 0.25) is 0 Å². The van der Waals surface area contributed by atoms with Crippen molar-refractivity contribution < 1.29 is 23.8 Å². The highest BCUT2D eigenvalue weighted by atomic mass is 35.5. The van der Waals surface area contributed by atoms with Gasteiger partial charge >= 0.3 is 0 Å². The molecule has 3 atom stereocenters. The number of terminal acetylenes is 1. The van der Waals surface area contributed by atoms with Crippen molar-refractivity contribution in [1.29, 1.82) is 0 Å². The Kier molecular flexibility index (Phi) is 24.5. The largest absolute Gasteiger partial charge is 0.497 e. The maximum atomic E-state index is 14.5. The number of allylic oxidation sites excluding steroid dienone is 6. The van der Waals surface area contributed by atoms with Crippen LogP contribution in [0.5, 0.6) is 0 Å². The zero-order chi connectivity index (χ0) is 34.2. The Morgan fingerprint density at radius 3 is 2.57 bits per heavy atom. The summed E-state index contributed by atoms with van der Waals surface area (Å²) < 4.78 is 26.2. The molecule has 1 aliphatic heterocycles. The van der Waals surface area contributed by atoms with Gasteiger partial charge < -0.3 is 30.9 Å². The number of aliphatic imine (C=N–C) groups is 1. The van der Waals surface area contributed by atoms with E-state index < -0.39 is 5.83 Å². The highest BCUT2D eigenvalue weighted by Gasteiger charge is 2.36. The van der Waals surface area contributed by atoms with Crippen LogP contribution < -0.4 is 16.4 Å². The minimum absolute atomic E-state index is 0.117. The topological polar surface area (TPSA) is 121 Å². The third-order valence-corrected chi connectivity index (χ3v) is 6.78. The van der Waals surface area contributed by atoms with E-state index in [0.29, 0.717) is 54.3 Å². The summed E-state index contributed by atoms with van der Waals surface area (Å²) in [5, 5.41) is 15.2. The van der Waals surface area contributed by atoms with Gasteiger partial charge in [0.25, 0.3) is 0 Å². The number of nitrogens with zero attached hydrogens (tertiary/aromatic N) is 2. The van der Waals surface area contributed by atoms with E-state index in [1.165, 1.54) is 6.34 Å². The van der Waals surface area contributed by atoms with Gasteiger partial charge in [0.05, 0.1) is 36.8 Å². The average Bonchev–Trinajstić information content (AvgIpc) is 3.33. The van der Waals surface area contributed by atoms with Crippen LogP contribution in [0, 0.1) is 12.8 Å². The van der Waals surface area contributed by atoms with E-state index in [1.54, 1.807) is 20.1 Å². The number of likely N-dealkylation sites (tertiary alicyclic amines) is 1. The molecule has 1 saturated heterocycles. The summed E-state index contributed by atoms with van der Waals surface area (Å²) in [6.07, 6.45) is 15.4. The van der Waals surface area contributed by atoms with Crippen LogP contribution in [-0.4, -0.2) is 74.3 Å². The molecule has 0 aromatic heterocycles. The summed E-state index contributed by atoms with van der Waals surface area (Å²) in [6, 6.07) is -0.648. The Bertz CT molecular complexity index is 1050. The van der Waals surface area contributed by atoms with Gasteiger partial charge in [0, 0.05) is 37.7 Å². The highest BCUT2D eigenvalue weighted by molar-refractivity contribution is 6.31. The van der Waals surface area contributed by atoms with Gasteiger partial charge in [-0.3, -0.25) is 9.69 Å². The van der Waals surface area contributed by atoms with Gasteiger partial charge in [-0.2, -0.15) is 0 Å². The molecule has 1 amide bonds. The third-order valence-electron chi connectivity index (χ3n) is 6.46. The minimum Gasteiger partial charge on any atom is -0.497 e. The second-order valence-electron chi connectivity index (χ2n) is 9.47. The van der Waals surface area contributed by atoms with Crippen LogP contribution in [0.3, 0.4) is 0 Å². The molecule has 11 heteroatoms. The van der Waals surface area contributed by atoms with E-state index >= 15 is 0 Å². The van der Waals surface area contributed by atoms with E-state index in [0.717, 1.165) is 12.8 Å². The molecule has 0 aromatic carbocycles. The number of hydrogen-bond acceptors (Lipinski definition) is 7. The van der Waals surface area contributed by atoms with Crippen molar-refractivity contribution in [3.8, 4) is 12.8 Å². The quantitative estimate of drug-likeness (QED) is 0.0676. The Morgan fingerprint density at radius 1 is 1.36 bits per heavy atom. The predicted molar refractivity (Wildman–Crippen MR) is 181 cm³/mol. The number of aliphatic hydroxyl groups excluding tert-OH is 1. The summed E-state index contributed by atoms with van der Waals surface area (Å²) >= 11 is 5.99. The molecular formula is C33H55ClFN5O4. The number of nitrogens with two attached hydrogens (primary N) is 1. The lowest BCUT2D eigenvalue weighted by atomic mass is 10.1. The lowest BCUT2D eigenvalue weighted by Crippen LogP contribution is -2.45. The number of halogens is 2. The molecule has 2 unspecified atom stereocenters. The Balaban J connectivity index is 0.